The molecule has 2 fully saturated rings. The van der Waals surface area contributed by atoms with Gasteiger partial charge in [0, 0.05) is 12.6 Å². The highest BCUT2D eigenvalue weighted by atomic mass is 16.5. The number of rotatable bonds is 5. The largest absolute Gasteiger partial charge is 0.487 e. The van der Waals surface area contributed by atoms with Gasteiger partial charge in [0.2, 0.25) is 0 Å². The molecule has 120 valence electrons. The second kappa shape index (κ2) is 7.01. The first kappa shape index (κ1) is 15.2. The van der Waals surface area contributed by atoms with Crippen LogP contribution in [0.3, 0.4) is 0 Å². The number of nitrogens with zero attached hydrogens (tertiary/aromatic N) is 2. The molecule has 0 spiro atoms. The van der Waals surface area contributed by atoms with E-state index in [0.29, 0.717) is 19.1 Å². The maximum absolute atomic E-state index is 12.1. The van der Waals surface area contributed by atoms with Crippen molar-refractivity contribution in [3.05, 3.63) is 30.3 Å². The first-order chi connectivity index (χ1) is 10.8. The number of nitrogens with one attached hydrogen (secondary N) is 1. The molecule has 1 N–H and O–H groups in total. The minimum absolute atomic E-state index is 0.0378. The Morgan fingerprint density at radius 2 is 2.09 bits per heavy atom. The topological polar surface area (TPSA) is 44.8 Å². The summed E-state index contributed by atoms with van der Waals surface area (Å²) in [4.78, 5) is 16.4. The molecule has 22 heavy (non-hydrogen) atoms. The van der Waals surface area contributed by atoms with Crippen LogP contribution in [-0.2, 0) is 0 Å². The fourth-order valence-corrected chi connectivity index (χ4v) is 3.23. The fourth-order valence-electron chi connectivity index (χ4n) is 3.23. The van der Waals surface area contributed by atoms with Crippen molar-refractivity contribution >= 4 is 6.03 Å². The Hall–Kier alpha value is -1.75. The van der Waals surface area contributed by atoms with E-state index < -0.39 is 0 Å². The number of carbonyl (C=O) groups is 1. The molecule has 2 amide bonds. The van der Waals surface area contributed by atoms with E-state index in [-0.39, 0.29) is 12.1 Å². The van der Waals surface area contributed by atoms with Crippen molar-refractivity contribution in [2.75, 3.05) is 32.7 Å². The van der Waals surface area contributed by atoms with E-state index in [2.05, 4.69) is 17.1 Å². The van der Waals surface area contributed by atoms with E-state index >= 15 is 0 Å². The Morgan fingerprint density at radius 3 is 2.82 bits per heavy atom. The standard InChI is InChI=1S/C17H25N3O2/c1-2-19-10-6-7-14(19)11-18-17(21)20-12-16(13-20)22-15-8-4-3-5-9-15/h3-5,8-9,14,16H,2,6-7,10-13H2,1H3,(H,18,21)/t14-/m1/s1. The molecular weight excluding hydrogens is 278 g/mol. The number of urea groups is 1. The van der Waals surface area contributed by atoms with E-state index in [1.54, 1.807) is 0 Å². The number of likely N-dealkylation sites (N-methyl/N-ethyl adjacent to an activating group) is 1. The summed E-state index contributed by atoms with van der Waals surface area (Å²) in [7, 11) is 0. The van der Waals surface area contributed by atoms with Crippen LogP contribution < -0.4 is 10.1 Å². The number of likely N-dealkylation sites (tertiary alicyclic amines) is 2. The Labute approximate surface area is 132 Å². The van der Waals surface area contributed by atoms with Crippen molar-refractivity contribution in [2.45, 2.75) is 31.9 Å². The predicted molar refractivity (Wildman–Crippen MR) is 86.1 cm³/mol. The summed E-state index contributed by atoms with van der Waals surface area (Å²) >= 11 is 0. The molecule has 1 aromatic carbocycles. The van der Waals surface area contributed by atoms with Gasteiger partial charge in [-0.15, -0.1) is 0 Å². The zero-order valence-corrected chi connectivity index (χ0v) is 13.2. The lowest BCUT2D eigenvalue weighted by Crippen LogP contribution is -2.59. The van der Waals surface area contributed by atoms with E-state index in [9.17, 15) is 4.79 Å². The number of carbonyl (C=O) groups excluding carboxylic acids is 1. The maximum atomic E-state index is 12.1. The monoisotopic (exact) mass is 303 g/mol. The van der Waals surface area contributed by atoms with Gasteiger partial charge in [-0.25, -0.2) is 4.79 Å². The van der Waals surface area contributed by atoms with Gasteiger partial charge >= 0.3 is 6.03 Å². The highest BCUT2D eigenvalue weighted by molar-refractivity contribution is 5.75. The van der Waals surface area contributed by atoms with Crippen LogP contribution in [0.4, 0.5) is 4.79 Å². The molecule has 0 aromatic heterocycles. The van der Waals surface area contributed by atoms with Crippen LogP contribution in [-0.4, -0.2) is 60.7 Å². The quantitative estimate of drug-likeness (QED) is 0.904. The Bertz CT molecular complexity index is 488. The fraction of sp³-hybridized carbons (Fsp3) is 0.588. The molecule has 1 atom stereocenters. The normalized spacial score (nSPS) is 22.4. The zero-order valence-electron chi connectivity index (χ0n) is 13.2. The van der Waals surface area contributed by atoms with Gasteiger partial charge < -0.3 is 15.0 Å². The van der Waals surface area contributed by atoms with Crippen molar-refractivity contribution in [1.82, 2.24) is 15.1 Å². The molecule has 5 heteroatoms. The molecule has 0 unspecified atom stereocenters. The molecule has 0 radical (unpaired) electrons. The van der Waals surface area contributed by atoms with Crippen LogP contribution in [0.5, 0.6) is 5.75 Å². The van der Waals surface area contributed by atoms with Gasteiger partial charge in [0.25, 0.3) is 0 Å². The number of hydrogen-bond donors (Lipinski definition) is 1. The Balaban J connectivity index is 1.36. The van der Waals surface area contributed by atoms with E-state index in [4.69, 9.17) is 4.74 Å². The van der Waals surface area contributed by atoms with E-state index in [1.165, 1.54) is 12.8 Å². The lowest BCUT2D eigenvalue weighted by atomic mass is 10.2. The smallest absolute Gasteiger partial charge is 0.317 e. The lowest BCUT2D eigenvalue weighted by molar-refractivity contribution is 0.0439. The first-order valence-electron chi connectivity index (χ1n) is 8.25. The molecule has 2 aliphatic rings. The summed E-state index contributed by atoms with van der Waals surface area (Å²) in [5, 5.41) is 3.07. The van der Waals surface area contributed by atoms with Crippen molar-refractivity contribution in [2.24, 2.45) is 0 Å². The number of benzene rings is 1. The number of para-hydroxylation sites is 1. The van der Waals surface area contributed by atoms with E-state index in [1.807, 2.05) is 35.2 Å². The highest BCUT2D eigenvalue weighted by Crippen LogP contribution is 2.18. The molecule has 0 bridgehead atoms. The molecule has 0 saturated carbocycles. The third kappa shape index (κ3) is 3.53. The van der Waals surface area contributed by atoms with Gasteiger partial charge in [-0.2, -0.15) is 0 Å². The molecule has 2 aliphatic heterocycles. The van der Waals surface area contributed by atoms with Crippen molar-refractivity contribution in [3.63, 3.8) is 0 Å². The predicted octanol–water partition coefficient (Wildman–Crippen LogP) is 1.94. The minimum Gasteiger partial charge on any atom is -0.487 e. The average molecular weight is 303 g/mol. The molecule has 2 heterocycles. The highest BCUT2D eigenvalue weighted by Gasteiger charge is 2.33. The second-order valence-corrected chi connectivity index (χ2v) is 6.07. The van der Waals surface area contributed by atoms with Crippen molar-refractivity contribution in [1.29, 1.82) is 0 Å². The minimum atomic E-state index is 0.0378. The van der Waals surface area contributed by atoms with Gasteiger partial charge in [0.1, 0.15) is 11.9 Å². The third-order valence-electron chi connectivity index (χ3n) is 4.58. The van der Waals surface area contributed by atoms with Crippen LogP contribution in [0.2, 0.25) is 0 Å². The Morgan fingerprint density at radius 1 is 1.32 bits per heavy atom. The van der Waals surface area contributed by atoms with E-state index in [0.717, 1.165) is 25.4 Å². The van der Waals surface area contributed by atoms with Crippen LogP contribution in [0.25, 0.3) is 0 Å². The number of ether oxygens (including phenoxy) is 1. The molecular formula is C17H25N3O2. The number of hydrogen-bond acceptors (Lipinski definition) is 3. The number of amides is 2. The van der Waals surface area contributed by atoms with Crippen LogP contribution >= 0.6 is 0 Å². The molecule has 1 aromatic rings. The van der Waals surface area contributed by atoms with Gasteiger partial charge in [0.05, 0.1) is 13.1 Å². The van der Waals surface area contributed by atoms with Crippen molar-refractivity contribution in [3.8, 4) is 5.75 Å². The van der Waals surface area contributed by atoms with Gasteiger partial charge in [-0.1, -0.05) is 25.1 Å². The second-order valence-electron chi connectivity index (χ2n) is 6.07. The summed E-state index contributed by atoms with van der Waals surface area (Å²) in [6.45, 7) is 6.51. The van der Waals surface area contributed by atoms with Gasteiger partial charge in [-0.3, -0.25) is 4.90 Å². The maximum Gasteiger partial charge on any atom is 0.317 e. The SMILES string of the molecule is CCN1CCC[C@@H]1CNC(=O)N1CC(Oc2ccccc2)C1. The Kier molecular flexibility index (Phi) is 4.83. The molecule has 5 nitrogen and oxygen atoms in total. The summed E-state index contributed by atoms with van der Waals surface area (Å²) < 4.78 is 5.81. The van der Waals surface area contributed by atoms with Gasteiger partial charge in [-0.05, 0) is 38.1 Å². The van der Waals surface area contributed by atoms with Crippen LogP contribution in [0.1, 0.15) is 19.8 Å². The summed E-state index contributed by atoms with van der Waals surface area (Å²) in [5.74, 6) is 0.872. The molecule has 0 aliphatic carbocycles. The molecule has 3 rings (SSSR count). The van der Waals surface area contributed by atoms with Crippen molar-refractivity contribution < 1.29 is 9.53 Å². The lowest BCUT2D eigenvalue weighted by Gasteiger charge is -2.39. The first-order valence-corrected chi connectivity index (χ1v) is 8.25. The molecule has 2 saturated heterocycles. The van der Waals surface area contributed by atoms with Crippen LogP contribution in [0, 0.1) is 0 Å². The summed E-state index contributed by atoms with van der Waals surface area (Å²) in [6.07, 6.45) is 2.55. The van der Waals surface area contributed by atoms with Crippen LogP contribution in [0.15, 0.2) is 30.3 Å². The zero-order chi connectivity index (χ0) is 15.4. The third-order valence-corrected chi connectivity index (χ3v) is 4.58. The summed E-state index contributed by atoms with van der Waals surface area (Å²) in [6, 6.07) is 10.3. The summed E-state index contributed by atoms with van der Waals surface area (Å²) in [5.41, 5.74) is 0. The van der Waals surface area contributed by atoms with Gasteiger partial charge in [0.15, 0.2) is 0 Å². The average Bonchev–Trinajstić information content (AvgIpc) is 2.96.